The van der Waals surface area contributed by atoms with Crippen LogP contribution in [0.5, 0.6) is 0 Å². The van der Waals surface area contributed by atoms with E-state index in [-0.39, 0.29) is 34.9 Å². The first-order valence-electron chi connectivity index (χ1n) is 7.27. The molecule has 1 fully saturated rings. The average molecular weight is 337 g/mol. The highest BCUT2D eigenvalue weighted by molar-refractivity contribution is 7.91. The van der Waals surface area contributed by atoms with Crippen molar-refractivity contribution in [2.45, 2.75) is 6.42 Å². The molecule has 0 saturated carbocycles. The van der Waals surface area contributed by atoms with E-state index in [2.05, 4.69) is 5.32 Å². The summed E-state index contributed by atoms with van der Waals surface area (Å²) in [5.41, 5.74) is 0.673. The van der Waals surface area contributed by atoms with Crippen molar-refractivity contribution in [2.24, 2.45) is 5.92 Å². The molecule has 0 radical (unpaired) electrons. The largest absolute Gasteiger partial charge is 0.451 e. The normalized spacial score (nSPS) is 19.6. The van der Waals surface area contributed by atoms with Gasteiger partial charge in [0.15, 0.2) is 15.6 Å². The van der Waals surface area contributed by atoms with Crippen LogP contribution < -0.4 is 5.32 Å². The second kappa shape index (κ2) is 6.16. The van der Waals surface area contributed by atoms with Gasteiger partial charge in [0.05, 0.1) is 11.5 Å². The standard InChI is InChI=1S/C16H16FNO4S/c17-13-3-1-12(2-4-13)14-5-6-15(22-14)16(19)18-9-11-7-8-23(20,21)10-11/h1-6,11H,7-10H2,(H,18,19). The molecule has 2 aromatic rings. The zero-order chi connectivity index (χ0) is 16.4. The van der Waals surface area contributed by atoms with Gasteiger partial charge in [0.2, 0.25) is 0 Å². The van der Waals surface area contributed by atoms with Crippen LogP contribution in [0, 0.1) is 11.7 Å². The molecule has 1 amide bonds. The van der Waals surface area contributed by atoms with Gasteiger partial charge in [0.1, 0.15) is 11.6 Å². The fourth-order valence-corrected chi connectivity index (χ4v) is 4.45. The molecule has 7 heteroatoms. The van der Waals surface area contributed by atoms with E-state index in [1.165, 1.54) is 12.1 Å². The van der Waals surface area contributed by atoms with Crippen molar-refractivity contribution in [3.8, 4) is 11.3 Å². The van der Waals surface area contributed by atoms with E-state index in [4.69, 9.17) is 4.42 Å². The number of rotatable bonds is 4. The summed E-state index contributed by atoms with van der Waals surface area (Å²) in [6.45, 7) is 0.310. The number of carbonyl (C=O) groups is 1. The first kappa shape index (κ1) is 15.7. The Kier molecular flexibility index (Phi) is 4.21. The average Bonchev–Trinajstić information content (AvgIpc) is 3.12. The molecule has 1 saturated heterocycles. The summed E-state index contributed by atoms with van der Waals surface area (Å²) in [7, 11) is -2.95. The van der Waals surface area contributed by atoms with Gasteiger partial charge in [-0.3, -0.25) is 4.79 Å². The zero-order valence-corrected chi connectivity index (χ0v) is 13.1. The number of hydrogen-bond acceptors (Lipinski definition) is 4. The molecule has 0 bridgehead atoms. The Morgan fingerprint density at radius 2 is 1.96 bits per heavy atom. The third-order valence-electron chi connectivity index (χ3n) is 3.84. The maximum absolute atomic E-state index is 12.9. The lowest BCUT2D eigenvalue weighted by atomic mass is 10.1. The Hall–Kier alpha value is -2.15. The third kappa shape index (κ3) is 3.79. The number of sulfone groups is 1. The van der Waals surface area contributed by atoms with E-state index in [0.717, 1.165) is 0 Å². The number of benzene rings is 1. The number of carbonyl (C=O) groups excluding carboxylic acids is 1. The Bertz CT molecular complexity index is 811. The van der Waals surface area contributed by atoms with E-state index < -0.39 is 9.84 Å². The molecule has 2 heterocycles. The van der Waals surface area contributed by atoms with Crippen LogP contribution in [0.4, 0.5) is 4.39 Å². The van der Waals surface area contributed by atoms with Gasteiger partial charge in [-0.05, 0) is 48.7 Å². The van der Waals surface area contributed by atoms with Gasteiger partial charge in [0, 0.05) is 12.1 Å². The van der Waals surface area contributed by atoms with Crippen LogP contribution in [0.25, 0.3) is 11.3 Å². The maximum atomic E-state index is 12.9. The van der Waals surface area contributed by atoms with Crippen LogP contribution in [0.2, 0.25) is 0 Å². The predicted molar refractivity (Wildman–Crippen MR) is 83.2 cm³/mol. The smallest absolute Gasteiger partial charge is 0.287 e. The molecule has 1 unspecified atom stereocenters. The quantitative estimate of drug-likeness (QED) is 0.928. The second-order valence-electron chi connectivity index (χ2n) is 5.65. The van der Waals surface area contributed by atoms with Gasteiger partial charge in [-0.15, -0.1) is 0 Å². The minimum atomic E-state index is -2.95. The first-order valence-corrected chi connectivity index (χ1v) is 9.09. The number of hydrogen-bond donors (Lipinski definition) is 1. The Balaban J connectivity index is 1.61. The summed E-state index contributed by atoms with van der Waals surface area (Å²) < 4.78 is 41.1. The molecule has 1 N–H and O–H groups in total. The van der Waals surface area contributed by atoms with Crippen LogP contribution in [0.15, 0.2) is 40.8 Å². The first-order chi connectivity index (χ1) is 10.9. The third-order valence-corrected chi connectivity index (χ3v) is 5.67. The van der Waals surface area contributed by atoms with Gasteiger partial charge >= 0.3 is 0 Å². The van der Waals surface area contributed by atoms with Crippen LogP contribution in [-0.2, 0) is 9.84 Å². The van der Waals surface area contributed by atoms with Gasteiger partial charge in [-0.1, -0.05) is 0 Å². The summed E-state index contributed by atoms with van der Waals surface area (Å²) >= 11 is 0. The van der Waals surface area contributed by atoms with Gasteiger partial charge < -0.3 is 9.73 Å². The number of furan rings is 1. The predicted octanol–water partition coefficient (Wildman–Crippen LogP) is 2.25. The maximum Gasteiger partial charge on any atom is 0.287 e. The van der Waals surface area contributed by atoms with Gasteiger partial charge in [-0.25, -0.2) is 12.8 Å². The molecule has 0 aliphatic carbocycles. The van der Waals surface area contributed by atoms with Crippen molar-refractivity contribution in [3.63, 3.8) is 0 Å². The van der Waals surface area contributed by atoms with Crippen molar-refractivity contribution in [1.29, 1.82) is 0 Å². The molecule has 3 rings (SSSR count). The number of amides is 1. The van der Waals surface area contributed by atoms with Crippen molar-refractivity contribution in [3.05, 3.63) is 48.0 Å². The SMILES string of the molecule is O=C(NCC1CCS(=O)(=O)C1)c1ccc(-c2ccc(F)cc2)o1. The summed E-state index contributed by atoms with van der Waals surface area (Å²) in [6, 6.07) is 8.95. The fraction of sp³-hybridized carbons (Fsp3) is 0.312. The second-order valence-corrected chi connectivity index (χ2v) is 7.88. The molecule has 5 nitrogen and oxygen atoms in total. The highest BCUT2D eigenvalue weighted by Gasteiger charge is 2.28. The number of halogens is 1. The molecule has 1 aliphatic rings. The minimum absolute atomic E-state index is 0.0459. The molecule has 1 aromatic heterocycles. The zero-order valence-electron chi connectivity index (χ0n) is 12.3. The summed E-state index contributed by atoms with van der Waals surface area (Å²) in [5.74, 6) is 0.140. The van der Waals surface area contributed by atoms with Gasteiger partial charge in [-0.2, -0.15) is 0 Å². The van der Waals surface area contributed by atoms with Crippen LogP contribution >= 0.6 is 0 Å². The lowest BCUT2D eigenvalue weighted by molar-refractivity contribution is 0.0921. The lowest BCUT2D eigenvalue weighted by Crippen LogP contribution is -2.29. The van der Waals surface area contributed by atoms with Crippen molar-refractivity contribution >= 4 is 15.7 Å². The Morgan fingerprint density at radius 3 is 2.61 bits per heavy atom. The highest BCUT2D eigenvalue weighted by Crippen LogP contribution is 2.22. The molecule has 1 aromatic carbocycles. The molecule has 1 atom stereocenters. The summed E-state index contributed by atoms with van der Waals surface area (Å²) in [5, 5.41) is 2.70. The van der Waals surface area contributed by atoms with Crippen molar-refractivity contribution < 1.29 is 22.0 Å². The molecule has 122 valence electrons. The summed E-state index contributed by atoms with van der Waals surface area (Å²) in [6.07, 6.45) is 0.571. The highest BCUT2D eigenvalue weighted by atomic mass is 32.2. The van der Waals surface area contributed by atoms with Crippen LogP contribution in [0.1, 0.15) is 17.0 Å². The molecular weight excluding hydrogens is 321 g/mol. The van der Waals surface area contributed by atoms with E-state index in [1.54, 1.807) is 24.3 Å². The Labute approximate surface area is 133 Å². The summed E-state index contributed by atoms with van der Waals surface area (Å²) in [4.78, 5) is 12.0. The molecular formula is C16H16FNO4S. The Morgan fingerprint density at radius 1 is 1.22 bits per heavy atom. The van der Waals surface area contributed by atoms with Crippen LogP contribution in [-0.4, -0.2) is 32.4 Å². The van der Waals surface area contributed by atoms with Crippen molar-refractivity contribution in [2.75, 3.05) is 18.1 Å². The van der Waals surface area contributed by atoms with Crippen molar-refractivity contribution in [1.82, 2.24) is 5.32 Å². The van der Waals surface area contributed by atoms with E-state index in [1.807, 2.05) is 0 Å². The van der Waals surface area contributed by atoms with E-state index in [9.17, 15) is 17.6 Å². The van der Waals surface area contributed by atoms with Crippen LogP contribution in [0.3, 0.4) is 0 Å². The van der Waals surface area contributed by atoms with Gasteiger partial charge in [0.25, 0.3) is 5.91 Å². The monoisotopic (exact) mass is 337 g/mol. The van der Waals surface area contributed by atoms with E-state index >= 15 is 0 Å². The molecule has 1 aliphatic heterocycles. The lowest BCUT2D eigenvalue weighted by Gasteiger charge is -2.08. The fourth-order valence-electron chi connectivity index (χ4n) is 2.59. The number of nitrogens with one attached hydrogen (secondary N) is 1. The minimum Gasteiger partial charge on any atom is -0.451 e. The van der Waals surface area contributed by atoms with E-state index in [0.29, 0.717) is 24.3 Å². The molecule has 23 heavy (non-hydrogen) atoms. The molecule has 0 spiro atoms. The topological polar surface area (TPSA) is 76.4 Å².